The Hall–Kier alpha value is -2.18. The van der Waals surface area contributed by atoms with Crippen LogP contribution in [0.3, 0.4) is 0 Å². The van der Waals surface area contributed by atoms with Crippen molar-refractivity contribution in [3.63, 3.8) is 0 Å². The number of hydrogen-bond acceptors (Lipinski definition) is 5. The van der Waals surface area contributed by atoms with E-state index in [1.807, 2.05) is 36.0 Å². The van der Waals surface area contributed by atoms with Crippen molar-refractivity contribution < 1.29 is 9.47 Å². The van der Waals surface area contributed by atoms with E-state index in [0.29, 0.717) is 17.8 Å². The summed E-state index contributed by atoms with van der Waals surface area (Å²) in [5.41, 5.74) is 2.37. The monoisotopic (exact) mass is 451 g/mol. The molecule has 3 aliphatic rings. The highest BCUT2D eigenvalue weighted by Crippen LogP contribution is 2.63. The molecule has 2 fully saturated rings. The van der Waals surface area contributed by atoms with Crippen molar-refractivity contribution in [1.29, 1.82) is 0 Å². The molecule has 2 heterocycles. The van der Waals surface area contributed by atoms with Gasteiger partial charge in [0.1, 0.15) is 6.61 Å². The molecule has 2 aliphatic carbocycles. The van der Waals surface area contributed by atoms with Crippen LogP contribution in [0.25, 0.3) is 0 Å². The maximum absolute atomic E-state index is 12.2. The number of nitrogens with one attached hydrogen (secondary N) is 1. The van der Waals surface area contributed by atoms with E-state index in [4.69, 9.17) is 9.47 Å². The van der Waals surface area contributed by atoms with Crippen LogP contribution in [0.15, 0.2) is 58.4 Å². The predicted octanol–water partition coefficient (Wildman–Crippen LogP) is 5.68. The average molecular weight is 452 g/mol. The lowest BCUT2D eigenvalue weighted by Crippen LogP contribution is -2.33. The van der Waals surface area contributed by atoms with Crippen LogP contribution in [0, 0.1) is 17.8 Å². The number of hydrogen-bond donors (Lipinski definition) is 1. The molecule has 0 spiro atoms. The van der Waals surface area contributed by atoms with Crippen molar-refractivity contribution in [3.8, 4) is 11.5 Å². The Morgan fingerprint density at radius 1 is 1.06 bits per heavy atom. The number of aromatic amines is 1. The molecule has 0 amide bonds. The van der Waals surface area contributed by atoms with Gasteiger partial charge in [-0.05, 0) is 60.3 Å². The molecule has 0 radical (unpaired) electrons. The van der Waals surface area contributed by atoms with Crippen molar-refractivity contribution in [3.05, 3.63) is 74.2 Å². The van der Waals surface area contributed by atoms with Crippen molar-refractivity contribution in [1.82, 2.24) is 4.98 Å². The zero-order valence-electron chi connectivity index (χ0n) is 17.4. The molecule has 160 valence electrons. The second-order valence-corrected chi connectivity index (χ2v) is 11.1. The van der Waals surface area contributed by atoms with Crippen LogP contribution in [-0.2, 0) is 6.61 Å². The molecule has 1 aromatic heterocycles. The van der Waals surface area contributed by atoms with Gasteiger partial charge >= 0.3 is 4.87 Å². The van der Waals surface area contributed by atoms with Gasteiger partial charge in [-0.15, -0.1) is 11.8 Å². The summed E-state index contributed by atoms with van der Waals surface area (Å²) in [6.07, 6.45) is 4.01. The number of H-pyrrole nitrogens is 1. The number of thiazole rings is 1. The van der Waals surface area contributed by atoms with Gasteiger partial charge in [-0.1, -0.05) is 47.7 Å². The van der Waals surface area contributed by atoms with Crippen LogP contribution in [0.4, 0.5) is 0 Å². The Kier molecular flexibility index (Phi) is 4.87. The van der Waals surface area contributed by atoms with Crippen LogP contribution < -0.4 is 14.3 Å². The van der Waals surface area contributed by atoms with Crippen LogP contribution in [-0.4, -0.2) is 17.3 Å². The number of aromatic nitrogens is 1. The van der Waals surface area contributed by atoms with Gasteiger partial charge in [0.15, 0.2) is 11.5 Å². The van der Waals surface area contributed by atoms with Crippen LogP contribution in [0.2, 0.25) is 0 Å². The third-order valence-corrected chi connectivity index (χ3v) is 9.87. The molecular weight excluding hydrogens is 426 g/mol. The van der Waals surface area contributed by atoms with Gasteiger partial charge in [0.05, 0.1) is 12.1 Å². The SMILES string of the molecule is COc1cc([C@@H]2c3sc(=O)[nH]c3S[C@H]3[C@H]4CC[C@@H](C4)[C@H]23)ccc1OCc1ccccc1. The summed E-state index contributed by atoms with van der Waals surface area (Å²) in [5.74, 6) is 3.93. The lowest BCUT2D eigenvalue weighted by molar-refractivity contribution is 0.282. The fraction of sp³-hybridized carbons (Fsp3) is 0.400. The smallest absolute Gasteiger partial charge is 0.305 e. The summed E-state index contributed by atoms with van der Waals surface area (Å²) in [6.45, 7) is 0.509. The first-order valence-electron chi connectivity index (χ1n) is 11.0. The summed E-state index contributed by atoms with van der Waals surface area (Å²) in [5, 5.41) is 1.71. The van der Waals surface area contributed by atoms with E-state index in [9.17, 15) is 4.79 Å². The molecule has 0 saturated heterocycles. The lowest BCUT2D eigenvalue weighted by atomic mass is 9.75. The summed E-state index contributed by atoms with van der Waals surface area (Å²) in [4.78, 5) is 16.6. The second-order valence-electron chi connectivity index (χ2n) is 8.86. The largest absolute Gasteiger partial charge is 0.493 e. The molecule has 6 rings (SSSR count). The van der Waals surface area contributed by atoms with Gasteiger partial charge in [-0.25, -0.2) is 0 Å². The van der Waals surface area contributed by atoms with Gasteiger partial charge in [0.25, 0.3) is 0 Å². The van der Waals surface area contributed by atoms with Gasteiger partial charge in [0, 0.05) is 16.0 Å². The highest BCUT2D eigenvalue weighted by molar-refractivity contribution is 8.00. The zero-order chi connectivity index (χ0) is 20.9. The number of methoxy groups -OCH3 is 1. The molecule has 2 saturated carbocycles. The number of rotatable bonds is 5. The molecule has 3 aromatic rings. The fourth-order valence-corrected chi connectivity index (χ4v) is 8.85. The molecule has 2 bridgehead atoms. The third kappa shape index (κ3) is 3.31. The Morgan fingerprint density at radius 3 is 2.74 bits per heavy atom. The number of fused-ring (bicyclic) bond motifs is 6. The third-order valence-electron chi connectivity index (χ3n) is 7.25. The average Bonchev–Trinajstić information content (AvgIpc) is 3.51. The highest BCUT2D eigenvalue weighted by Gasteiger charge is 2.54. The van der Waals surface area contributed by atoms with Gasteiger partial charge < -0.3 is 14.5 Å². The topological polar surface area (TPSA) is 51.3 Å². The number of thioether (sulfide) groups is 1. The summed E-state index contributed by atoms with van der Waals surface area (Å²) in [6, 6.07) is 16.5. The van der Waals surface area contributed by atoms with E-state index in [2.05, 4.69) is 29.2 Å². The van der Waals surface area contributed by atoms with Gasteiger partial charge in [0.2, 0.25) is 0 Å². The number of benzene rings is 2. The Morgan fingerprint density at radius 2 is 1.90 bits per heavy atom. The standard InChI is InChI=1S/C25H25NO3S2/c1-28-19-12-16(9-10-18(19)29-13-14-5-3-2-4-6-14)21-20-15-7-8-17(11-15)22(20)30-24-23(21)31-25(27)26-24/h2-6,9-10,12,15,17,20-22H,7-8,11,13H2,1H3,(H,26,27)/t15-,17-,20+,21-,22-/m0/s1. The second kappa shape index (κ2) is 7.75. The molecule has 6 heteroatoms. The maximum atomic E-state index is 12.2. The van der Waals surface area contributed by atoms with E-state index < -0.39 is 0 Å². The van der Waals surface area contributed by atoms with E-state index in [-0.39, 0.29) is 10.8 Å². The normalized spacial score (nSPS) is 28.2. The molecule has 4 nitrogen and oxygen atoms in total. The van der Waals surface area contributed by atoms with Crippen molar-refractivity contribution >= 4 is 23.1 Å². The Balaban J connectivity index is 1.35. The van der Waals surface area contributed by atoms with E-state index in [1.54, 1.807) is 7.11 Å². The van der Waals surface area contributed by atoms with Crippen LogP contribution in [0.5, 0.6) is 11.5 Å². The molecule has 5 atom stereocenters. The first-order valence-corrected chi connectivity index (χ1v) is 12.6. The Bertz CT molecular complexity index is 1160. The van der Waals surface area contributed by atoms with E-state index in [1.165, 1.54) is 41.0 Å². The zero-order valence-corrected chi connectivity index (χ0v) is 19.0. The first-order chi connectivity index (χ1) is 15.2. The van der Waals surface area contributed by atoms with Gasteiger partial charge in [-0.3, -0.25) is 4.79 Å². The highest BCUT2D eigenvalue weighted by atomic mass is 32.2. The summed E-state index contributed by atoms with van der Waals surface area (Å²) >= 11 is 3.32. The maximum Gasteiger partial charge on any atom is 0.305 e. The van der Waals surface area contributed by atoms with Crippen molar-refractivity contribution in [2.24, 2.45) is 17.8 Å². The fourth-order valence-electron chi connectivity index (χ4n) is 5.95. The van der Waals surface area contributed by atoms with E-state index in [0.717, 1.165) is 33.9 Å². The molecule has 1 aliphatic heterocycles. The van der Waals surface area contributed by atoms with Crippen LogP contribution >= 0.6 is 23.1 Å². The minimum atomic E-state index is 0.0598. The summed E-state index contributed by atoms with van der Waals surface area (Å²) in [7, 11) is 1.70. The summed E-state index contributed by atoms with van der Waals surface area (Å²) < 4.78 is 11.8. The first kappa shape index (κ1) is 19.5. The van der Waals surface area contributed by atoms with Crippen molar-refractivity contribution in [2.45, 2.75) is 42.1 Å². The molecular formula is C25H25NO3S2. The Labute approximate surface area is 190 Å². The van der Waals surface area contributed by atoms with Crippen LogP contribution in [0.1, 0.15) is 41.2 Å². The minimum absolute atomic E-state index is 0.0598. The molecule has 1 N–H and O–H groups in total. The quantitative estimate of drug-likeness (QED) is 0.543. The van der Waals surface area contributed by atoms with Crippen molar-refractivity contribution in [2.75, 3.05) is 7.11 Å². The molecule has 0 unspecified atom stereocenters. The van der Waals surface area contributed by atoms with Gasteiger partial charge in [-0.2, -0.15) is 0 Å². The number of ether oxygens (including phenoxy) is 2. The van der Waals surface area contributed by atoms with E-state index >= 15 is 0 Å². The molecule has 2 aromatic carbocycles. The lowest BCUT2D eigenvalue weighted by Gasteiger charge is -2.40. The molecule has 31 heavy (non-hydrogen) atoms. The minimum Gasteiger partial charge on any atom is -0.493 e. The predicted molar refractivity (Wildman–Crippen MR) is 125 cm³/mol.